The lowest BCUT2D eigenvalue weighted by molar-refractivity contribution is -0.170. The molecule has 1 heterocycles. The second-order valence-corrected chi connectivity index (χ2v) is 3.57. The molecule has 1 aliphatic rings. The van der Waals surface area contributed by atoms with E-state index in [4.69, 9.17) is 14.2 Å². The van der Waals surface area contributed by atoms with Gasteiger partial charge in [0.15, 0.2) is 0 Å². The number of rotatable bonds is 0. The first-order valence-electron chi connectivity index (χ1n) is 5.96. The zero-order chi connectivity index (χ0) is 13.9. The highest BCUT2D eigenvalue weighted by Gasteiger charge is 2.26. The number of aliphatic hydroxyl groups excluding tert-OH is 1. The van der Waals surface area contributed by atoms with Gasteiger partial charge < -0.3 is 28.8 Å². The Morgan fingerprint density at radius 2 is 1.00 bits per heavy atom. The fourth-order valence-corrected chi connectivity index (χ4v) is 1.20. The van der Waals surface area contributed by atoms with Gasteiger partial charge in [0.05, 0.1) is 39.6 Å². The van der Waals surface area contributed by atoms with Crippen molar-refractivity contribution < 1.29 is 38.4 Å². The van der Waals surface area contributed by atoms with Crippen molar-refractivity contribution in [3.8, 4) is 0 Å². The van der Waals surface area contributed by atoms with Gasteiger partial charge in [-0.25, -0.2) is 9.59 Å². The highest BCUT2D eigenvalue weighted by Crippen LogP contribution is 1.94. The van der Waals surface area contributed by atoms with E-state index in [1.54, 1.807) is 0 Å². The first-order chi connectivity index (χ1) is 9.22. The molecule has 1 fully saturated rings. The van der Waals surface area contributed by atoms with Crippen LogP contribution in [0.2, 0.25) is 0 Å². The second kappa shape index (κ2) is 9.68. The minimum Gasteiger partial charge on any atom is -0.461 e. The molecule has 0 aromatic rings. The number of carbonyl (C=O) groups is 2. The number of cyclic esters (lactones) is 2. The molecule has 8 heteroatoms. The van der Waals surface area contributed by atoms with E-state index in [1.807, 2.05) is 0 Å². The van der Waals surface area contributed by atoms with Gasteiger partial charge in [0.25, 0.3) is 0 Å². The molecular formula is C11H18O8. The molecule has 1 saturated heterocycles. The van der Waals surface area contributed by atoms with E-state index in [0.29, 0.717) is 26.4 Å². The Balaban J connectivity index is 2.35. The van der Waals surface area contributed by atoms with Crippen LogP contribution in [0.3, 0.4) is 0 Å². The van der Waals surface area contributed by atoms with Gasteiger partial charge in [-0.05, 0) is 0 Å². The maximum atomic E-state index is 11.2. The van der Waals surface area contributed by atoms with Crippen LogP contribution in [0.25, 0.3) is 0 Å². The van der Waals surface area contributed by atoms with Crippen LogP contribution < -0.4 is 0 Å². The third-order valence-corrected chi connectivity index (χ3v) is 2.13. The summed E-state index contributed by atoms with van der Waals surface area (Å²) in [5.74, 6) is -2.12. The molecule has 0 aromatic heterocycles. The lowest BCUT2D eigenvalue weighted by Gasteiger charge is -2.12. The number of aliphatic hydroxyl groups is 1. The maximum absolute atomic E-state index is 11.2. The van der Waals surface area contributed by atoms with Crippen LogP contribution in [0.1, 0.15) is 0 Å². The number of ether oxygens (including phenoxy) is 5. The fraction of sp³-hybridized carbons (Fsp3) is 0.818. The summed E-state index contributed by atoms with van der Waals surface area (Å²) >= 11 is 0. The summed E-state index contributed by atoms with van der Waals surface area (Å²) in [5.41, 5.74) is 0. The van der Waals surface area contributed by atoms with E-state index in [-0.39, 0.29) is 26.4 Å². The summed E-state index contributed by atoms with van der Waals surface area (Å²) in [6.07, 6.45) is -1.93. The first kappa shape index (κ1) is 15.8. The Labute approximate surface area is 110 Å². The second-order valence-electron chi connectivity index (χ2n) is 3.57. The zero-order valence-corrected chi connectivity index (χ0v) is 10.5. The van der Waals surface area contributed by atoms with E-state index in [1.165, 1.54) is 0 Å². The van der Waals surface area contributed by atoms with Crippen molar-refractivity contribution in [1.82, 2.24) is 0 Å². The van der Waals surface area contributed by atoms with Gasteiger partial charge >= 0.3 is 11.9 Å². The van der Waals surface area contributed by atoms with Crippen molar-refractivity contribution in [2.45, 2.75) is 6.10 Å². The Bertz CT molecular complexity index is 254. The Morgan fingerprint density at radius 1 is 0.684 bits per heavy atom. The molecule has 8 nitrogen and oxygen atoms in total. The number of hydrogen-bond acceptors (Lipinski definition) is 8. The molecule has 1 N–H and O–H groups in total. The molecule has 1 rings (SSSR count). The summed E-state index contributed by atoms with van der Waals surface area (Å²) < 4.78 is 24.7. The van der Waals surface area contributed by atoms with Crippen molar-refractivity contribution >= 4 is 11.9 Å². The molecule has 110 valence electrons. The molecule has 0 amide bonds. The molecule has 0 atom stereocenters. The van der Waals surface area contributed by atoms with Crippen LogP contribution in [0, 0.1) is 0 Å². The largest absolute Gasteiger partial charge is 0.461 e. The van der Waals surface area contributed by atoms with Crippen molar-refractivity contribution in [3.63, 3.8) is 0 Å². The van der Waals surface area contributed by atoms with Crippen LogP contribution in [-0.2, 0) is 33.3 Å². The molecule has 0 aromatic carbocycles. The molecule has 0 aliphatic carbocycles. The van der Waals surface area contributed by atoms with E-state index in [9.17, 15) is 14.7 Å². The Morgan fingerprint density at radius 3 is 1.37 bits per heavy atom. The van der Waals surface area contributed by atoms with E-state index in [0.717, 1.165) is 0 Å². The quantitative estimate of drug-likeness (QED) is 0.422. The van der Waals surface area contributed by atoms with Crippen molar-refractivity contribution in [3.05, 3.63) is 0 Å². The van der Waals surface area contributed by atoms with Crippen LogP contribution in [0.15, 0.2) is 0 Å². The molecular weight excluding hydrogens is 260 g/mol. The van der Waals surface area contributed by atoms with Gasteiger partial charge in [0.1, 0.15) is 13.2 Å². The first-order valence-corrected chi connectivity index (χ1v) is 5.96. The standard InChI is InChI=1S/C11H18O8/c12-9-10(13)18-7-5-16-3-1-15-2-4-17-6-8-19-11(9)14/h9,12H,1-8H2. The highest BCUT2D eigenvalue weighted by atomic mass is 16.6. The van der Waals surface area contributed by atoms with Crippen molar-refractivity contribution in [2.75, 3.05) is 52.9 Å². The summed E-state index contributed by atoms with van der Waals surface area (Å²) in [6.45, 7) is 1.77. The number of hydrogen-bond donors (Lipinski definition) is 1. The van der Waals surface area contributed by atoms with Crippen molar-refractivity contribution in [2.24, 2.45) is 0 Å². The molecule has 1 aliphatic heterocycles. The fourth-order valence-electron chi connectivity index (χ4n) is 1.20. The van der Waals surface area contributed by atoms with E-state index >= 15 is 0 Å². The van der Waals surface area contributed by atoms with Crippen LogP contribution in [0.5, 0.6) is 0 Å². The lowest BCUT2D eigenvalue weighted by Crippen LogP contribution is -2.34. The van der Waals surface area contributed by atoms with Gasteiger partial charge in [-0.15, -0.1) is 0 Å². The van der Waals surface area contributed by atoms with E-state index < -0.39 is 18.0 Å². The molecule has 0 spiro atoms. The predicted molar refractivity (Wildman–Crippen MR) is 60.4 cm³/mol. The average molecular weight is 278 g/mol. The Hall–Kier alpha value is -1.22. The van der Waals surface area contributed by atoms with Gasteiger partial charge in [0, 0.05) is 0 Å². The highest BCUT2D eigenvalue weighted by molar-refractivity contribution is 5.97. The summed E-state index contributed by atoms with van der Waals surface area (Å²) in [7, 11) is 0. The molecule has 0 saturated carbocycles. The van der Waals surface area contributed by atoms with Crippen molar-refractivity contribution in [1.29, 1.82) is 0 Å². The minimum absolute atomic E-state index is 0.0493. The van der Waals surface area contributed by atoms with Gasteiger partial charge in [-0.1, -0.05) is 0 Å². The van der Waals surface area contributed by atoms with E-state index in [2.05, 4.69) is 9.47 Å². The third-order valence-electron chi connectivity index (χ3n) is 2.13. The van der Waals surface area contributed by atoms with Crippen LogP contribution in [-0.4, -0.2) is 76.0 Å². The SMILES string of the molecule is O=C1OCCOCCOCCOCCOC(=O)C1O. The summed E-state index contributed by atoms with van der Waals surface area (Å²) in [6, 6.07) is 0. The smallest absolute Gasteiger partial charge is 0.346 e. The van der Waals surface area contributed by atoms with Gasteiger partial charge in [-0.2, -0.15) is 0 Å². The normalized spacial score (nSPS) is 22.6. The maximum Gasteiger partial charge on any atom is 0.346 e. The lowest BCUT2D eigenvalue weighted by atomic mass is 10.4. The predicted octanol–water partition coefficient (Wildman–Crippen LogP) is -1.50. The number of esters is 2. The zero-order valence-electron chi connectivity index (χ0n) is 10.5. The van der Waals surface area contributed by atoms with Gasteiger partial charge in [0.2, 0.25) is 6.10 Å². The topological polar surface area (TPSA) is 101 Å². The molecule has 0 radical (unpaired) electrons. The monoisotopic (exact) mass is 278 g/mol. The minimum atomic E-state index is -1.93. The molecule has 0 unspecified atom stereocenters. The summed E-state index contributed by atoms with van der Waals surface area (Å²) in [5, 5.41) is 9.31. The Kier molecular flexibility index (Phi) is 8.07. The molecule has 0 bridgehead atoms. The third kappa shape index (κ3) is 7.06. The van der Waals surface area contributed by atoms with Gasteiger partial charge in [-0.3, -0.25) is 0 Å². The van der Waals surface area contributed by atoms with Crippen LogP contribution in [0.4, 0.5) is 0 Å². The number of carbonyl (C=O) groups excluding carboxylic acids is 2. The molecule has 19 heavy (non-hydrogen) atoms. The van der Waals surface area contributed by atoms with Crippen LogP contribution >= 0.6 is 0 Å². The average Bonchev–Trinajstić information content (AvgIpc) is 2.41. The summed E-state index contributed by atoms with van der Waals surface area (Å²) in [4.78, 5) is 22.5.